The summed E-state index contributed by atoms with van der Waals surface area (Å²) in [5.74, 6) is 0. The molecule has 0 saturated carbocycles. The van der Waals surface area contributed by atoms with E-state index in [4.69, 9.17) is 0 Å². The van der Waals surface area contributed by atoms with Gasteiger partial charge in [-0.25, -0.2) is 0 Å². The van der Waals surface area contributed by atoms with Crippen LogP contribution in [0, 0.1) is 13.8 Å². The number of halogens is 1. The first-order valence-electron chi connectivity index (χ1n) is 6.06. The molecule has 0 radical (unpaired) electrons. The first-order chi connectivity index (χ1) is 8.58. The van der Waals surface area contributed by atoms with E-state index in [-0.39, 0.29) is 0 Å². The van der Waals surface area contributed by atoms with Crippen LogP contribution in [0.4, 0.5) is 0 Å². The molecule has 0 aliphatic heterocycles. The smallest absolute Gasteiger partial charge is 0.0830 e. The van der Waals surface area contributed by atoms with Gasteiger partial charge in [0.25, 0.3) is 0 Å². The summed E-state index contributed by atoms with van der Waals surface area (Å²) in [4.78, 5) is 0. The third kappa shape index (κ3) is 3.01. The molecule has 0 aromatic heterocycles. The number of aryl methyl sites for hydroxylation is 2. The number of hydrogen-bond acceptors (Lipinski definition) is 1. The maximum absolute atomic E-state index is 10.3. The highest BCUT2D eigenvalue weighted by Gasteiger charge is 2.11. The molecule has 0 aliphatic rings. The molecule has 1 unspecified atom stereocenters. The lowest BCUT2D eigenvalue weighted by Gasteiger charge is -2.14. The minimum Gasteiger partial charge on any atom is -0.388 e. The zero-order chi connectivity index (χ0) is 13.1. The van der Waals surface area contributed by atoms with Crippen molar-refractivity contribution in [1.82, 2.24) is 0 Å². The lowest BCUT2D eigenvalue weighted by molar-refractivity contribution is 0.178. The molecule has 18 heavy (non-hydrogen) atoms. The highest BCUT2D eigenvalue weighted by molar-refractivity contribution is 9.10. The summed E-state index contributed by atoms with van der Waals surface area (Å²) in [6.07, 6.45) is 0.208. The second-order valence-corrected chi connectivity index (χ2v) is 5.47. The molecule has 0 amide bonds. The summed E-state index contributed by atoms with van der Waals surface area (Å²) in [5, 5.41) is 10.3. The average molecular weight is 305 g/mol. The van der Waals surface area contributed by atoms with Gasteiger partial charge in [0.1, 0.15) is 0 Å². The van der Waals surface area contributed by atoms with E-state index in [2.05, 4.69) is 29.8 Å². The molecule has 0 fully saturated rings. The van der Waals surface area contributed by atoms with Crippen LogP contribution < -0.4 is 0 Å². The van der Waals surface area contributed by atoms with Crippen LogP contribution in [0.15, 0.2) is 46.9 Å². The van der Waals surface area contributed by atoms with Gasteiger partial charge in [0.2, 0.25) is 0 Å². The van der Waals surface area contributed by atoms with E-state index < -0.39 is 6.10 Å². The minimum atomic E-state index is -0.446. The summed E-state index contributed by atoms with van der Waals surface area (Å²) >= 11 is 3.55. The topological polar surface area (TPSA) is 20.2 Å². The molecule has 2 rings (SSSR count). The van der Waals surface area contributed by atoms with Gasteiger partial charge >= 0.3 is 0 Å². The zero-order valence-corrected chi connectivity index (χ0v) is 12.2. The van der Waals surface area contributed by atoms with Crippen molar-refractivity contribution in [2.75, 3.05) is 0 Å². The second-order valence-electron chi connectivity index (χ2n) is 4.67. The quantitative estimate of drug-likeness (QED) is 0.894. The predicted octanol–water partition coefficient (Wildman–Crippen LogP) is 4.34. The summed E-state index contributed by atoms with van der Waals surface area (Å²) in [6.45, 7) is 4.10. The maximum atomic E-state index is 10.3. The number of aliphatic hydroxyl groups excluding tert-OH is 1. The second kappa shape index (κ2) is 5.68. The minimum absolute atomic E-state index is 0.446. The van der Waals surface area contributed by atoms with Gasteiger partial charge in [-0.1, -0.05) is 58.4 Å². The third-order valence-corrected chi connectivity index (χ3v) is 4.37. The van der Waals surface area contributed by atoms with E-state index in [9.17, 15) is 5.11 Å². The Morgan fingerprint density at radius 2 is 1.61 bits per heavy atom. The molecule has 0 aliphatic carbocycles. The van der Waals surface area contributed by atoms with Crippen molar-refractivity contribution < 1.29 is 5.11 Å². The molecule has 2 aromatic rings. The van der Waals surface area contributed by atoms with E-state index in [0.29, 0.717) is 6.42 Å². The van der Waals surface area contributed by atoms with Crippen molar-refractivity contribution in [3.63, 3.8) is 0 Å². The normalized spacial score (nSPS) is 12.4. The maximum Gasteiger partial charge on any atom is 0.0830 e. The van der Waals surface area contributed by atoms with Crippen molar-refractivity contribution in [2.24, 2.45) is 0 Å². The Morgan fingerprint density at radius 3 is 2.17 bits per heavy atom. The molecule has 2 aromatic carbocycles. The van der Waals surface area contributed by atoms with Crippen molar-refractivity contribution >= 4 is 15.9 Å². The van der Waals surface area contributed by atoms with Crippen molar-refractivity contribution in [2.45, 2.75) is 26.4 Å². The third-order valence-electron chi connectivity index (χ3n) is 3.12. The predicted molar refractivity (Wildman–Crippen MR) is 78.7 cm³/mol. The standard InChI is InChI=1S/C16H17BrO/c1-11-8-14(9-12(2)16(11)17)15(18)10-13-6-4-3-5-7-13/h3-9,15,18H,10H2,1-2H3. The van der Waals surface area contributed by atoms with Crippen LogP contribution in [0.2, 0.25) is 0 Å². The molecule has 0 heterocycles. The largest absolute Gasteiger partial charge is 0.388 e. The van der Waals surface area contributed by atoms with Gasteiger partial charge in [-0.05, 0) is 36.1 Å². The highest BCUT2D eigenvalue weighted by atomic mass is 79.9. The summed E-state index contributed by atoms with van der Waals surface area (Å²) < 4.78 is 1.12. The molecule has 0 bridgehead atoms. The molecule has 1 nitrogen and oxygen atoms in total. The molecular formula is C16H17BrO. The fourth-order valence-corrected chi connectivity index (χ4v) is 2.36. The van der Waals surface area contributed by atoms with Crippen LogP contribution in [0.5, 0.6) is 0 Å². The lowest BCUT2D eigenvalue weighted by atomic mass is 9.98. The summed E-state index contributed by atoms with van der Waals surface area (Å²) in [6, 6.07) is 14.2. The summed E-state index contributed by atoms with van der Waals surface area (Å²) in [5.41, 5.74) is 4.47. The van der Waals surface area contributed by atoms with Gasteiger partial charge in [-0.3, -0.25) is 0 Å². The number of aliphatic hydroxyl groups is 1. The van der Waals surface area contributed by atoms with Crippen LogP contribution in [-0.2, 0) is 6.42 Å². The Hall–Kier alpha value is -1.12. The van der Waals surface area contributed by atoms with Crippen molar-refractivity contribution in [3.05, 3.63) is 69.2 Å². The van der Waals surface area contributed by atoms with E-state index >= 15 is 0 Å². The van der Waals surface area contributed by atoms with Crippen LogP contribution in [-0.4, -0.2) is 5.11 Å². The van der Waals surface area contributed by atoms with Crippen molar-refractivity contribution in [3.8, 4) is 0 Å². The first-order valence-corrected chi connectivity index (χ1v) is 6.86. The molecule has 94 valence electrons. The van der Waals surface area contributed by atoms with Crippen LogP contribution in [0.25, 0.3) is 0 Å². The van der Waals surface area contributed by atoms with Crippen LogP contribution in [0.1, 0.15) is 28.4 Å². The molecule has 0 saturated heterocycles. The van der Waals surface area contributed by atoms with E-state index in [1.54, 1.807) is 0 Å². The molecule has 1 N–H and O–H groups in total. The SMILES string of the molecule is Cc1cc(C(O)Cc2ccccc2)cc(C)c1Br. The van der Waals surface area contributed by atoms with Crippen LogP contribution >= 0.6 is 15.9 Å². The molecular weight excluding hydrogens is 288 g/mol. The number of benzene rings is 2. The Labute approximate surface area is 117 Å². The molecule has 0 spiro atoms. The number of hydrogen-bond donors (Lipinski definition) is 1. The molecule has 2 heteroatoms. The molecule has 1 atom stereocenters. The Balaban J connectivity index is 2.22. The van der Waals surface area contributed by atoms with E-state index in [1.807, 2.05) is 42.5 Å². The van der Waals surface area contributed by atoms with Gasteiger partial charge in [0.15, 0.2) is 0 Å². The van der Waals surface area contributed by atoms with E-state index in [0.717, 1.165) is 26.7 Å². The lowest BCUT2D eigenvalue weighted by Crippen LogP contribution is -2.03. The van der Waals surface area contributed by atoms with Gasteiger partial charge in [-0.15, -0.1) is 0 Å². The fourth-order valence-electron chi connectivity index (χ4n) is 2.13. The first kappa shape index (κ1) is 13.3. The monoisotopic (exact) mass is 304 g/mol. The van der Waals surface area contributed by atoms with E-state index in [1.165, 1.54) is 0 Å². The highest BCUT2D eigenvalue weighted by Crippen LogP contribution is 2.27. The summed E-state index contributed by atoms with van der Waals surface area (Å²) in [7, 11) is 0. The Bertz CT molecular complexity index is 511. The van der Waals surface area contributed by atoms with Crippen molar-refractivity contribution in [1.29, 1.82) is 0 Å². The van der Waals surface area contributed by atoms with Crippen LogP contribution in [0.3, 0.4) is 0 Å². The average Bonchev–Trinajstić information content (AvgIpc) is 2.36. The Kier molecular flexibility index (Phi) is 4.20. The Morgan fingerprint density at radius 1 is 1.06 bits per heavy atom. The van der Waals surface area contributed by atoms with Gasteiger partial charge < -0.3 is 5.11 Å². The van der Waals surface area contributed by atoms with Gasteiger partial charge in [0.05, 0.1) is 6.10 Å². The number of rotatable bonds is 3. The van der Waals surface area contributed by atoms with Gasteiger partial charge in [0, 0.05) is 10.9 Å². The zero-order valence-electron chi connectivity index (χ0n) is 10.7. The fraction of sp³-hybridized carbons (Fsp3) is 0.250. The van der Waals surface area contributed by atoms with Gasteiger partial charge in [-0.2, -0.15) is 0 Å².